The highest BCUT2D eigenvalue weighted by Gasteiger charge is 2.14. The standard InChI is InChI=1S/C13H8Br2N2O3/c14-8-1-2-11(10(4-8)13(19)20)17-12(18)7-3-9(15)6-16-5-7/h1-6H,(H,17,18)(H,19,20). The quantitative estimate of drug-likeness (QED) is 0.826. The molecule has 0 aliphatic rings. The molecule has 1 aromatic carbocycles. The van der Waals surface area contributed by atoms with E-state index in [0.717, 1.165) is 0 Å². The Hall–Kier alpha value is -1.73. The maximum Gasteiger partial charge on any atom is 0.337 e. The summed E-state index contributed by atoms with van der Waals surface area (Å²) in [6.45, 7) is 0. The fraction of sp³-hybridized carbons (Fsp3) is 0. The van der Waals surface area contributed by atoms with E-state index in [1.807, 2.05) is 0 Å². The van der Waals surface area contributed by atoms with E-state index in [2.05, 4.69) is 42.2 Å². The maximum atomic E-state index is 12.0. The highest BCUT2D eigenvalue weighted by Crippen LogP contribution is 2.22. The number of halogens is 2. The summed E-state index contributed by atoms with van der Waals surface area (Å²) >= 11 is 6.41. The fourth-order valence-corrected chi connectivity index (χ4v) is 2.26. The van der Waals surface area contributed by atoms with Crippen LogP contribution in [0.2, 0.25) is 0 Å². The number of carbonyl (C=O) groups is 2. The molecule has 1 heterocycles. The van der Waals surface area contributed by atoms with E-state index in [0.29, 0.717) is 14.5 Å². The summed E-state index contributed by atoms with van der Waals surface area (Å²) in [5.41, 5.74) is 0.569. The molecule has 0 saturated carbocycles. The van der Waals surface area contributed by atoms with Crippen molar-refractivity contribution in [2.75, 3.05) is 5.32 Å². The number of amides is 1. The topological polar surface area (TPSA) is 79.3 Å². The van der Waals surface area contributed by atoms with Gasteiger partial charge in [-0.2, -0.15) is 0 Å². The molecule has 20 heavy (non-hydrogen) atoms. The Morgan fingerprint density at radius 1 is 1.10 bits per heavy atom. The Bertz CT molecular complexity index is 689. The van der Waals surface area contributed by atoms with E-state index in [4.69, 9.17) is 5.11 Å². The molecular formula is C13H8Br2N2O3. The first kappa shape index (κ1) is 14.7. The second-order valence-electron chi connectivity index (χ2n) is 3.84. The van der Waals surface area contributed by atoms with E-state index in [1.54, 1.807) is 18.3 Å². The minimum atomic E-state index is -1.12. The number of carboxylic acids is 1. The summed E-state index contributed by atoms with van der Waals surface area (Å²) in [5, 5.41) is 11.7. The number of aromatic carboxylic acids is 1. The molecule has 2 aromatic rings. The molecule has 2 rings (SSSR count). The van der Waals surface area contributed by atoms with Crippen molar-refractivity contribution < 1.29 is 14.7 Å². The van der Waals surface area contributed by atoms with Crippen LogP contribution < -0.4 is 5.32 Å². The second-order valence-corrected chi connectivity index (χ2v) is 5.67. The summed E-state index contributed by atoms with van der Waals surface area (Å²) in [6.07, 6.45) is 2.96. The summed E-state index contributed by atoms with van der Waals surface area (Å²) in [7, 11) is 0. The molecule has 0 atom stereocenters. The largest absolute Gasteiger partial charge is 0.478 e. The van der Waals surface area contributed by atoms with Crippen molar-refractivity contribution in [2.24, 2.45) is 0 Å². The predicted molar refractivity (Wildman–Crippen MR) is 81.0 cm³/mol. The molecule has 7 heteroatoms. The van der Waals surface area contributed by atoms with Gasteiger partial charge in [-0.05, 0) is 40.2 Å². The van der Waals surface area contributed by atoms with Gasteiger partial charge in [0.1, 0.15) is 0 Å². The van der Waals surface area contributed by atoms with Gasteiger partial charge in [-0.1, -0.05) is 15.9 Å². The lowest BCUT2D eigenvalue weighted by atomic mass is 10.1. The molecule has 0 spiro atoms. The number of benzene rings is 1. The van der Waals surface area contributed by atoms with Gasteiger partial charge in [0.15, 0.2) is 0 Å². The number of hydrogen-bond acceptors (Lipinski definition) is 3. The molecule has 2 N–H and O–H groups in total. The number of hydrogen-bond donors (Lipinski definition) is 2. The third kappa shape index (κ3) is 3.43. The van der Waals surface area contributed by atoms with Crippen molar-refractivity contribution in [3.63, 3.8) is 0 Å². The number of aromatic nitrogens is 1. The first-order chi connectivity index (χ1) is 9.47. The van der Waals surface area contributed by atoms with Crippen LogP contribution in [-0.2, 0) is 0 Å². The lowest BCUT2D eigenvalue weighted by molar-refractivity contribution is 0.0698. The Labute approximate surface area is 131 Å². The average Bonchev–Trinajstić information content (AvgIpc) is 2.40. The van der Waals surface area contributed by atoms with Gasteiger partial charge in [-0.15, -0.1) is 0 Å². The lowest BCUT2D eigenvalue weighted by Crippen LogP contribution is -2.15. The monoisotopic (exact) mass is 398 g/mol. The molecule has 102 valence electrons. The number of nitrogens with zero attached hydrogens (tertiary/aromatic N) is 1. The highest BCUT2D eigenvalue weighted by molar-refractivity contribution is 9.10. The highest BCUT2D eigenvalue weighted by atomic mass is 79.9. The zero-order chi connectivity index (χ0) is 14.7. The number of anilines is 1. The van der Waals surface area contributed by atoms with Gasteiger partial charge in [-0.3, -0.25) is 9.78 Å². The van der Waals surface area contributed by atoms with Crippen LogP contribution in [0.1, 0.15) is 20.7 Å². The third-order valence-electron chi connectivity index (χ3n) is 2.43. The lowest BCUT2D eigenvalue weighted by Gasteiger charge is -2.09. The van der Waals surface area contributed by atoms with E-state index in [-0.39, 0.29) is 11.3 Å². The van der Waals surface area contributed by atoms with Crippen molar-refractivity contribution in [2.45, 2.75) is 0 Å². The van der Waals surface area contributed by atoms with Gasteiger partial charge < -0.3 is 10.4 Å². The Morgan fingerprint density at radius 2 is 1.85 bits per heavy atom. The molecule has 0 fully saturated rings. The maximum absolute atomic E-state index is 12.0. The molecule has 5 nitrogen and oxygen atoms in total. The van der Waals surface area contributed by atoms with Crippen molar-refractivity contribution in [1.29, 1.82) is 0 Å². The fourth-order valence-electron chi connectivity index (χ4n) is 1.53. The van der Waals surface area contributed by atoms with Crippen LogP contribution in [0, 0.1) is 0 Å². The van der Waals surface area contributed by atoms with E-state index < -0.39 is 11.9 Å². The molecule has 0 radical (unpaired) electrons. The number of carboxylic acid groups (broad SMARTS) is 1. The molecule has 0 aliphatic carbocycles. The average molecular weight is 400 g/mol. The number of rotatable bonds is 3. The van der Waals surface area contributed by atoms with Gasteiger partial charge in [0.2, 0.25) is 0 Å². The molecule has 0 unspecified atom stereocenters. The first-order valence-electron chi connectivity index (χ1n) is 5.42. The summed E-state index contributed by atoms with van der Waals surface area (Å²) in [6, 6.07) is 6.21. The van der Waals surface area contributed by atoms with Gasteiger partial charge >= 0.3 is 5.97 Å². The summed E-state index contributed by atoms with van der Waals surface area (Å²) < 4.78 is 1.29. The van der Waals surface area contributed by atoms with E-state index >= 15 is 0 Å². The van der Waals surface area contributed by atoms with E-state index in [1.165, 1.54) is 18.3 Å². The molecule has 0 aliphatic heterocycles. The van der Waals surface area contributed by atoms with Gasteiger partial charge in [0.25, 0.3) is 5.91 Å². The predicted octanol–water partition coefficient (Wildman–Crippen LogP) is 3.56. The summed E-state index contributed by atoms with van der Waals surface area (Å²) in [5.74, 6) is -1.54. The smallest absolute Gasteiger partial charge is 0.337 e. The minimum absolute atomic E-state index is 0.00989. The third-order valence-corrected chi connectivity index (χ3v) is 3.35. The van der Waals surface area contributed by atoms with Crippen LogP contribution in [0.3, 0.4) is 0 Å². The van der Waals surface area contributed by atoms with Crippen LogP contribution in [-0.4, -0.2) is 22.0 Å². The molecule has 1 aromatic heterocycles. The van der Waals surface area contributed by atoms with Crippen LogP contribution in [0.15, 0.2) is 45.6 Å². The van der Waals surface area contributed by atoms with Crippen molar-refractivity contribution in [1.82, 2.24) is 4.98 Å². The van der Waals surface area contributed by atoms with Crippen LogP contribution in [0.5, 0.6) is 0 Å². The number of pyridine rings is 1. The Kier molecular flexibility index (Phi) is 4.51. The SMILES string of the molecule is O=C(Nc1ccc(Br)cc1C(=O)O)c1cncc(Br)c1. The Morgan fingerprint density at radius 3 is 2.50 bits per heavy atom. The summed E-state index contributed by atoms with van der Waals surface area (Å²) in [4.78, 5) is 27.1. The van der Waals surface area contributed by atoms with Crippen molar-refractivity contribution >= 4 is 49.4 Å². The normalized spacial score (nSPS) is 10.1. The van der Waals surface area contributed by atoms with Crippen LogP contribution in [0.25, 0.3) is 0 Å². The zero-order valence-corrected chi connectivity index (χ0v) is 13.1. The molecule has 0 bridgehead atoms. The second kappa shape index (κ2) is 6.15. The number of nitrogens with one attached hydrogen (secondary N) is 1. The minimum Gasteiger partial charge on any atom is -0.478 e. The first-order valence-corrected chi connectivity index (χ1v) is 7.00. The zero-order valence-electron chi connectivity index (χ0n) is 9.93. The van der Waals surface area contributed by atoms with Gasteiger partial charge in [0.05, 0.1) is 16.8 Å². The molecular weight excluding hydrogens is 392 g/mol. The Balaban J connectivity index is 2.30. The van der Waals surface area contributed by atoms with Crippen LogP contribution in [0.4, 0.5) is 5.69 Å². The van der Waals surface area contributed by atoms with E-state index in [9.17, 15) is 9.59 Å². The van der Waals surface area contributed by atoms with Gasteiger partial charge in [-0.25, -0.2) is 4.79 Å². The molecule has 0 saturated heterocycles. The van der Waals surface area contributed by atoms with Crippen molar-refractivity contribution in [3.05, 3.63) is 56.7 Å². The number of carbonyl (C=O) groups excluding carboxylic acids is 1. The molecule has 1 amide bonds. The van der Waals surface area contributed by atoms with Crippen molar-refractivity contribution in [3.8, 4) is 0 Å². The van der Waals surface area contributed by atoms with Gasteiger partial charge in [0, 0.05) is 21.3 Å². The van der Waals surface area contributed by atoms with Crippen LogP contribution >= 0.6 is 31.9 Å².